The largest absolute Gasteiger partial charge is 0.310 e. The summed E-state index contributed by atoms with van der Waals surface area (Å²) in [5.41, 5.74) is 25.2. The van der Waals surface area contributed by atoms with Crippen LogP contribution in [0.1, 0.15) is 155 Å². The quantitative estimate of drug-likeness (QED) is 0.114. The molecule has 14 aromatic rings. The molecule has 92 heavy (non-hydrogen) atoms. The molecule has 0 radical (unpaired) electrons. The van der Waals surface area contributed by atoms with Gasteiger partial charge < -0.3 is 14.0 Å². The van der Waals surface area contributed by atoms with Gasteiger partial charge in [0.2, 0.25) is 0 Å². The van der Waals surface area contributed by atoms with Crippen molar-refractivity contribution >= 4 is 116 Å². The van der Waals surface area contributed by atoms with Gasteiger partial charge in [0.25, 0.3) is 6.71 Å². The molecule has 2 aliphatic heterocycles. The topological polar surface area (TPSA) is 13.1 Å². The number of hydrogen-bond donors (Lipinski definition) is 0. The van der Waals surface area contributed by atoms with Gasteiger partial charge in [-0.25, -0.2) is 0 Å². The number of fused-ring (bicyclic) bond motifs is 17. The van der Waals surface area contributed by atoms with Crippen molar-refractivity contribution in [1.82, 2.24) is 9.13 Å². The predicted molar refractivity (Wildman–Crippen MR) is 399 cm³/mol. The summed E-state index contributed by atoms with van der Waals surface area (Å²) < 4.78 is 5.45. The number of anilines is 3. The lowest BCUT2D eigenvalue weighted by Gasteiger charge is -2.36. The van der Waals surface area contributed by atoms with E-state index in [1.165, 1.54) is 148 Å². The predicted octanol–water partition coefficient (Wildman–Crippen LogP) is 21.8. The zero-order valence-electron chi connectivity index (χ0n) is 56.7. The molecule has 4 heterocycles. The summed E-state index contributed by atoms with van der Waals surface area (Å²) in [6, 6.07) is 85.0. The molecule has 0 amide bonds. The molecule has 0 saturated heterocycles. The Kier molecular flexibility index (Phi) is 12.4. The van der Waals surface area contributed by atoms with E-state index in [0.717, 1.165) is 17.1 Å². The van der Waals surface area contributed by atoms with Crippen LogP contribution in [-0.4, -0.2) is 15.8 Å². The minimum atomic E-state index is -0.187. The van der Waals surface area contributed by atoms with Gasteiger partial charge in [-0.1, -0.05) is 250 Å². The van der Waals surface area contributed by atoms with Gasteiger partial charge in [-0.15, -0.1) is 0 Å². The van der Waals surface area contributed by atoms with Crippen LogP contribution in [0.4, 0.5) is 17.1 Å². The van der Waals surface area contributed by atoms with E-state index >= 15 is 0 Å². The van der Waals surface area contributed by atoms with Crippen molar-refractivity contribution in [1.29, 1.82) is 0 Å². The Morgan fingerprint density at radius 1 is 0.283 bits per heavy atom. The maximum atomic E-state index is 2.75. The highest BCUT2D eigenvalue weighted by Crippen LogP contribution is 2.50. The van der Waals surface area contributed by atoms with Gasteiger partial charge in [0.05, 0.1) is 16.7 Å². The van der Waals surface area contributed by atoms with Gasteiger partial charge in [-0.2, -0.15) is 0 Å². The average molecular weight is 1190 g/mol. The van der Waals surface area contributed by atoms with E-state index < -0.39 is 0 Å². The minimum Gasteiger partial charge on any atom is -0.310 e. The van der Waals surface area contributed by atoms with E-state index in [0.29, 0.717) is 0 Å². The summed E-state index contributed by atoms with van der Waals surface area (Å²) in [5, 5.41) is 12.9. The van der Waals surface area contributed by atoms with Crippen molar-refractivity contribution in [2.45, 2.75) is 143 Å². The van der Waals surface area contributed by atoms with Crippen LogP contribution in [0, 0.1) is 0 Å². The maximum Gasteiger partial charge on any atom is 0.252 e. The number of benzene rings is 12. The van der Waals surface area contributed by atoms with Crippen molar-refractivity contribution in [3.63, 3.8) is 0 Å². The first-order chi connectivity index (χ1) is 43.7. The Hall–Kier alpha value is -9.12. The smallest absolute Gasteiger partial charge is 0.252 e. The second-order valence-corrected chi connectivity index (χ2v) is 32.3. The molecule has 0 unspecified atom stereocenters. The van der Waals surface area contributed by atoms with E-state index in [9.17, 15) is 0 Å². The third kappa shape index (κ3) is 8.61. The lowest BCUT2D eigenvalue weighted by molar-refractivity contribution is 0.590. The molecule has 454 valence electrons. The molecule has 0 fully saturated rings. The zero-order valence-corrected chi connectivity index (χ0v) is 56.7. The number of aromatic nitrogens is 2. The highest BCUT2D eigenvalue weighted by atomic mass is 15.1. The first kappa shape index (κ1) is 58.0. The van der Waals surface area contributed by atoms with Crippen LogP contribution >= 0.6 is 0 Å². The molecule has 0 bridgehead atoms. The van der Waals surface area contributed by atoms with Crippen LogP contribution in [0.2, 0.25) is 0 Å². The fourth-order valence-electron chi connectivity index (χ4n) is 16.0. The van der Waals surface area contributed by atoms with Crippen molar-refractivity contribution in [2.24, 2.45) is 0 Å². The molecule has 16 rings (SSSR count). The van der Waals surface area contributed by atoms with Crippen molar-refractivity contribution in [2.75, 3.05) is 4.90 Å². The van der Waals surface area contributed by atoms with Crippen LogP contribution in [0.25, 0.3) is 87.3 Å². The Labute approximate surface area is 544 Å². The Balaban J connectivity index is 1.02. The van der Waals surface area contributed by atoms with Crippen LogP contribution in [-0.2, 0) is 32.5 Å². The zero-order chi connectivity index (χ0) is 64.1. The van der Waals surface area contributed by atoms with Crippen molar-refractivity contribution < 1.29 is 0 Å². The Morgan fingerprint density at radius 3 is 1.15 bits per heavy atom. The van der Waals surface area contributed by atoms with E-state index in [2.05, 4.69) is 343 Å². The van der Waals surface area contributed by atoms with Crippen LogP contribution < -0.4 is 21.3 Å². The highest BCUT2D eigenvalue weighted by molar-refractivity contribution is 7.00. The summed E-state index contributed by atoms with van der Waals surface area (Å²) in [4.78, 5) is 2.48. The molecular weight excluding hydrogens is 1110 g/mol. The average Bonchev–Trinajstić information content (AvgIpc) is 1.36. The summed E-state index contributed by atoms with van der Waals surface area (Å²) in [6.45, 7) is 37.8. The van der Waals surface area contributed by atoms with E-state index in [1.54, 1.807) is 0 Å². The second kappa shape index (κ2) is 19.7. The number of nitrogens with zero attached hydrogens (tertiary/aromatic N) is 3. The first-order valence-corrected chi connectivity index (χ1v) is 33.5. The molecule has 0 N–H and O–H groups in total. The molecule has 3 nitrogen and oxygen atoms in total. The maximum absolute atomic E-state index is 2.75. The highest BCUT2D eigenvalue weighted by Gasteiger charge is 2.44. The van der Waals surface area contributed by atoms with Gasteiger partial charge in [0, 0.05) is 71.5 Å². The van der Waals surface area contributed by atoms with Crippen molar-refractivity contribution in [3.05, 3.63) is 263 Å². The molecule has 2 aromatic heterocycles. The monoisotopic (exact) mass is 1190 g/mol. The third-order valence-electron chi connectivity index (χ3n) is 21.7. The van der Waals surface area contributed by atoms with Crippen LogP contribution in [0.15, 0.2) is 218 Å². The molecular formula is C88H84BN3. The van der Waals surface area contributed by atoms with Gasteiger partial charge >= 0.3 is 0 Å². The third-order valence-corrected chi connectivity index (χ3v) is 21.7. The van der Waals surface area contributed by atoms with Gasteiger partial charge in [0.1, 0.15) is 0 Å². The van der Waals surface area contributed by atoms with Gasteiger partial charge in [0.15, 0.2) is 0 Å². The number of rotatable bonds is 7. The molecule has 0 spiro atoms. The second-order valence-electron chi connectivity index (χ2n) is 32.3. The normalized spacial score (nSPS) is 13.6. The van der Waals surface area contributed by atoms with Gasteiger partial charge in [-0.05, 0) is 188 Å². The van der Waals surface area contributed by atoms with Crippen molar-refractivity contribution in [3.8, 4) is 11.4 Å². The first-order valence-electron chi connectivity index (χ1n) is 33.5. The molecule has 12 aromatic carbocycles. The lowest BCUT2D eigenvalue weighted by atomic mass is 9.33. The van der Waals surface area contributed by atoms with E-state index in [-0.39, 0.29) is 39.2 Å². The van der Waals surface area contributed by atoms with E-state index in [1.807, 2.05) is 0 Å². The fourth-order valence-corrected chi connectivity index (χ4v) is 16.0. The SMILES string of the molecule is CC(C)(C)c1ccc2c(c1)c1cc(C(C)(C)C)cc3c1n2-c1cc2c4ccc(N(c5ccc(C(C)(C)c6ccccc6)cc5)c5ccc(C(C)(C)c6ccccc6)cc5)cc4c4ccccc4c2c2c1B3c1cc(C(C)(C)C)cc3c4cc(C(C)(C)C)ccc4n-2c13. The molecule has 0 aliphatic carbocycles. The fraction of sp³-hybridized carbons (Fsp3) is 0.250. The standard InChI is InChI=1S/C88H84BN3/c1-83(2,3)57-35-43-75-68(45-57)71-47-59(85(7,8)9)49-73-80(71)91(75)77-52-70-65-42-41-63(90(61-37-31-55(32-38-61)87(13,14)53-25-19-17-20-26-53)62-39-33-56(34-40-62)88(15,16)54-27-21-18-22-28-54)51-67(65)64-29-23-24-30-66(64)78(70)82-79(77)89(73)74-50-60(86(10,11)12)48-72-69-46-58(84(4,5)6)36-44-76(69)92(82)81(72)74/h17-52H,1-16H3. The summed E-state index contributed by atoms with van der Waals surface area (Å²) in [5.74, 6) is 0. The summed E-state index contributed by atoms with van der Waals surface area (Å²) in [6.07, 6.45) is 0. The molecule has 2 aliphatic rings. The van der Waals surface area contributed by atoms with Crippen LogP contribution in [0.5, 0.6) is 0 Å². The molecule has 0 atom stereocenters. The summed E-state index contributed by atoms with van der Waals surface area (Å²) >= 11 is 0. The van der Waals surface area contributed by atoms with Crippen LogP contribution in [0.3, 0.4) is 0 Å². The molecule has 4 heteroatoms. The Morgan fingerprint density at radius 2 is 0.674 bits per heavy atom. The summed E-state index contributed by atoms with van der Waals surface area (Å²) in [7, 11) is 0. The minimum absolute atomic E-state index is 0.0314. The number of hydrogen-bond acceptors (Lipinski definition) is 1. The van der Waals surface area contributed by atoms with Gasteiger partial charge in [-0.3, -0.25) is 0 Å². The lowest BCUT2D eigenvalue weighted by Crippen LogP contribution is -2.59. The molecule has 0 saturated carbocycles. The van der Waals surface area contributed by atoms with E-state index in [4.69, 9.17) is 0 Å². The Bertz CT molecular complexity index is 5300.